The van der Waals surface area contributed by atoms with Crippen LogP contribution in [0.4, 0.5) is 13.2 Å². The van der Waals surface area contributed by atoms with E-state index in [1.165, 1.54) is 6.07 Å². The average Bonchev–Trinajstić information content (AvgIpc) is 2.17. The number of aromatic nitrogens is 1. The molecule has 1 aromatic heterocycles. The van der Waals surface area contributed by atoms with E-state index in [-0.39, 0.29) is 11.3 Å². The first kappa shape index (κ1) is 11.5. The Morgan fingerprint density at radius 2 is 2.07 bits per heavy atom. The van der Waals surface area contributed by atoms with E-state index in [9.17, 15) is 13.2 Å². The van der Waals surface area contributed by atoms with Crippen molar-refractivity contribution in [1.29, 1.82) is 5.26 Å². The Kier molecular flexibility index (Phi) is 3.30. The molecule has 0 fully saturated rings. The van der Waals surface area contributed by atoms with Crippen molar-refractivity contribution in [3.05, 3.63) is 29.1 Å². The lowest BCUT2D eigenvalue weighted by molar-refractivity contribution is -0.141. The smallest absolute Gasteiger partial charge is 0.247 e. The maximum atomic E-state index is 12.3. The number of alkyl halides is 3. The van der Waals surface area contributed by atoms with Gasteiger partial charge in [0.15, 0.2) is 0 Å². The number of pyridine rings is 1. The zero-order chi connectivity index (χ0) is 11.5. The van der Waals surface area contributed by atoms with Gasteiger partial charge in [0, 0.05) is 0 Å². The van der Waals surface area contributed by atoms with Crippen molar-refractivity contribution in [2.75, 3.05) is 0 Å². The predicted octanol–water partition coefficient (Wildman–Crippen LogP) is 2.92. The molecule has 0 N–H and O–H groups in total. The van der Waals surface area contributed by atoms with E-state index in [4.69, 9.17) is 5.26 Å². The molecule has 80 valence electrons. The molecule has 0 aromatic carbocycles. The van der Waals surface area contributed by atoms with Crippen LogP contribution < -0.4 is 0 Å². The molecule has 0 aliphatic rings. The summed E-state index contributed by atoms with van der Waals surface area (Å²) in [5.41, 5.74) is -0.510. The van der Waals surface area contributed by atoms with E-state index in [0.717, 1.165) is 6.07 Å². The lowest BCUT2D eigenvalue weighted by atomic mass is 10.1. The van der Waals surface area contributed by atoms with Crippen molar-refractivity contribution >= 4 is 0 Å². The van der Waals surface area contributed by atoms with E-state index in [1.54, 1.807) is 0 Å². The summed E-state index contributed by atoms with van der Waals surface area (Å²) in [4.78, 5) is 3.46. The molecule has 0 saturated heterocycles. The molecular formula is C10H9F3N2. The minimum Gasteiger partial charge on any atom is -0.247 e. The standard InChI is InChI=1S/C10H9F3N2/c1-2-3-8-7(6-14)4-5-9(15-8)10(11,12)13/h4-5H,2-3H2,1H3. The van der Waals surface area contributed by atoms with Gasteiger partial charge < -0.3 is 0 Å². The second-order valence-electron chi connectivity index (χ2n) is 3.05. The van der Waals surface area contributed by atoms with Crippen molar-refractivity contribution in [1.82, 2.24) is 4.98 Å². The monoisotopic (exact) mass is 214 g/mol. The van der Waals surface area contributed by atoms with E-state index in [2.05, 4.69) is 4.98 Å². The Morgan fingerprint density at radius 3 is 2.53 bits per heavy atom. The summed E-state index contributed by atoms with van der Waals surface area (Å²) in [6.45, 7) is 1.82. The summed E-state index contributed by atoms with van der Waals surface area (Å²) < 4.78 is 36.9. The third-order valence-electron chi connectivity index (χ3n) is 1.87. The minimum atomic E-state index is -4.45. The summed E-state index contributed by atoms with van der Waals surface area (Å²) in [6, 6.07) is 3.83. The molecule has 15 heavy (non-hydrogen) atoms. The van der Waals surface area contributed by atoms with Crippen molar-refractivity contribution in [2.24, 2.45) is 0 Å². The number of rotatable bonds is 2. The molecule has 0 bridgehead atoms. The Morgan fingerprint density at radius 1 is 1.40 bits per heavy atom. The topological polar surface area (TPSA) is 36.7 Å². The van der Waals surface area contributed by atoms with E-state index in [0.29, 0.717) is 12.8 Å². The van der Waals surface area contributed by atoms with Crippen molar-refractivity contribution in [3.8, 4) is 6.07 Å². The molecule has 5 heteroatoms. The van der Waals surface area contributed by atoms with Gasteiger partial charge in [-0.2, -0.15) is 18.4 Å². The lowest BCUT2D eigenvalue weighted by Gasteiger charge is -2.08. The summed E-state index contributed by atoms with van der Waals surface area (Å²) in [5.74, 6) is 0. The van der Waals surface area contributed by atoms with Gasteiger partial charge in [-0.15, -0.1) is 0 Å². The first-order chi connectivity index (χ1) is 6.99. The summed E-state index contributed by atoms with van der Waals surface area (Å²) in [6.07, 6.45) is -3.41. The van der Waals surface area contributed by atoms with Gasteiger partial charge in [-0.05, 0) is 18.6 Å². The SMILES string of the molecule is CCCc1nc(C(F)(F)F)ccc1C#N. The normalized spacial score (nSPS) is 11.1. The van der Waals surface area contributed by atoms with Crippen LogP contribution in [0, 0.1) is 11.3 Å². The fraction of sp³-hybridized carbons (Fsp3) is 0.400. The van der Waals surface area contributed by atoms with Crippen LogP contribution in [0.5, 0.6) is 0 Å². The van der Waals surface area contributed by atoms with Crippen LogP contribution >= 0.6 is 0 Å². The van der Waals surface area contributed by atoms with Crippen LogP contribution in [-0.2, 0) is 12.6 Å². The first-order valence-electron chi connectivity index (χ1n) is 4.46. The van der Waals surface area contributed by atoms with Crippen molar-refractivity contribution in [2.45, 2.75) is 25.9 Å². The average molecular weight is 214 g/mol. The number of hydrogen-bond acceptors (Lipinski definition) is 2. The highest BCUT2D eigenvalue weighted by Gasteiger charge is 2.32. The van der Waals surface area contributed by atoms with E-state index < -0.39 is 11.9 Å². The van der Waals surface area contributed by atoms with E-state index >= 15 is 0 Å². The van der Waals surface area contributed by atoms with Gasteiger partial charge in [0.25, 0.3) is 0 Å². The Balaban J connectivity index is 3.17. The van der Waals surface area contributed by atoms with Crippen LogP contribution in [-0.4, -0.2) is 4.98 Å². The van der Waals surface area contributed by atoms with Crippen LogP contribution in [0.25, 0.3) is 0 Å². The van der Waals surface area contributed by atoms with Crippen molar-refractivity contribution < 1.29 is 13.2 Å². The molecule has 2 nitrogen and oxygen atoms in total. The number of nitrogens with zero attached hydrogens (tertiary/aromatic N) is 2. The highest BCUT2D eigenvalue weighted by atomic mass is 19.4. The van der Waals surface area contributed by atoms with Gasteiger partial charge in [0.1, 0.15) is 11.8 Å². The molecule has 1 rings (SSSR count). The highest BCUT2D eigenvalue weighted by molar-refractivity contribution is 5.34. The molecule has 0 aliphatic heterocycles. The molecule has 1 aromatic rings. The lowest BCUT2D eigenvalue weighted by Crippen LogP contribution is -2.10. The summed E-state index contributed by atoms with van der Waals surface area (Å²) in [7, 11) is 0. The summed E-state index contributed by atoms with van der Waals surface area (Å²) >= 11 is 0. The first-order valence-corrected chi connectivity index (χ1v) is 4.46. The Bertz CT molecular complexity index is 391. The van der Waals surface area contributed by atoms with Gasteiger partial charge in [-0.1, -0.05) is 13.3 Å². The van der Waals surface area contributed by atoms with Gasteiger partial charge in [0.2, 0.25) is 0 Å². The zero-order valence-electron chi connectivity index (χ0n) is 8.10. The van der Waals surface area contributed by atoms with Crippen LogP contribution in [0.2, 0.25) is 0 Å². The van der Waals surface area contributed by atoms with Gasteiger partial charge in [-0.3, -0.25) is 0 Å². The van der Waals surface area contributed by atoms with Gasteiger partial charge in [-0.25, -0.2) is 4.98 Å². The quantitative estimate of drug-likeness (QED) is 0.758. The molecule has 0 amide bonds. The number of aryl methyl sites for hydroxylation is 1. The second-order valence-corrected chi connectivity index (χ2v) is 3.05. The molecule has 1 heterocycles. The molecule has 0 aliphatic carbocycles. The highest BCUT2D eigenvalue weighted by Crippen LogP contribution is 2.28. The van der Waals surface area contributed by atoms with Crippen LogP contribution in [0.1, 0.15) is 30.3 Å². The van der Waals surface area contributed by atoms with Crippen LogP contribution in [0.3, 0.4) is 0 Å². The zero-order valence-corrected chi connectivity index (χ0v) is 8.10. The molecule has 0 atom stereocenters. The number of halogens is 3. The summed E-state index contributed by atoms with van der Waals surface area (Å²) in [5, 5.41) is 8.67. The molecular weight excluding hydrogens is 205 g/mol. The third kappa shape index (κ3) is 2.69. The fourth-order valence-electron chi connectivity index (χ4n) is 1.19. The molecule has 0 saturated carbocycles. The van der Waals surface area contributed by atoms with Gasteiger partial charge >= 0.3 is 6.18 Å². The maximum Gasteiger partial charge on any atom is 0.433 e. The molecule has 0 spiro atoms. The van der Waals surface area contributed by atoms with Crippen LogP contribution in [0.15, 0.2) is 12.1 Å². The number of hydrogen-bond donors (Lipinski definition) is 0. The third-order valence-corrected chi connectivity index (χ3v) is 1.87. The minimum absolute atomic E-state index is 0.213. The predicted molar refractivity (Wildman–Crippen MR) is 47.9 cm³/mol. The Hall–Kier alpha value is -1.57. The maximum absolute atomic E-state index is 12.3. The molecule has 0 unspecified atom stereocenters. The van der Waals surface area contributed by atoms with Crippen molar-refractivity contribution in [3.63, 3.8) is 0 Å². The van der Waals surface area contributed by atoms with E-state index in [1.807, 2.05) is 13.0 Å². The number of nitriles is 1. The Labute approximate surface area is 85.4 Å². The largest absolute Gasteiger partial charge is 0.433 e. The fourth-order valence-corrected chi connectivity index (χ4v) is 1.19. The molecule has 0 radical (unpaired) electrons. The van der Waals surface area contributed by atoms with Gasteiger partial charge in [0.05, 0.1) is 11.3 Å². The second kappa shape index (κ2) is 4.30.